The number of halogens is 2. The largest absolute Gasteiger partial charge is 0.343 e. The Bertz CT molecular complexity index is 243. The monoisotopic (exact) mass is 237 g/mol. The molecule has 0 spiro atoms. The van der Waals surface area contributed by atoms with Crippen LogP contribution in [0.4, 0.5) is 0 Å². The molecule has 1 amide bonds. The maximum Gasteiger partial charge on any atom is 0.230 e. The van der Waals surface area contributed by atoms with Gasteiger partial charge in [-0.15, -0.1) is 0 Å². The van der Waals surface area contributed by atoms with Crippen molar-refractivity contribution in [1.29, 1.82) is 0 Å². The van der Waals surface area contributed by atoms with E-state index in [0.29, 0.717) is 13.1 Å². The van der Waals surface area contributed by atoms with Gasteiger partial charge in [0.25, 0.3) is 0 Å². The molecule has 0 aromatic carbocycles. The van der Waals surface area contributed by atoms with E-state index in [2.05, 4.69) is 0 Å². The van der Waals surface area contributed by atoms with Crippen LogP contribution in [0.5, 0.6) is 0 Å². The van der Waals surface area contributed by atoms with E-state index in [0.717, 1.165) is 6.08 Å². The summed E-state index contributed by atoms with van der Waals surface area (Å²) >= 11 is 10.6. The summed E-state index contributed by atoms with van der Waals surface area (Å²) in [5, 5.41) is 0. The van der Waals surface area contributed by atoms with Crippen molar-refractivity contribution in [1.82, 2.24) is 4.90 Å². The van der Waals surface area contributed by atoms with Crippen molar-refractivity contribution in [2.45, 2.75) is 20.3 Å². The van der Waals surface area contributed by atoms with Gasteiger partial charge in [-0.05, 0) is 13.8 Å². The molecule has 0 saturated carbocycles. The Morgan fingerprint density at radius 2 is 1.71 bits per heavy atom. The first-order valence-corrected chi connectivity index (χ1v) is 5.10. The Labute approximate surface area is 93.7 Å². The molecule has 0 unspecified atom stereocenters. The van der Waals surface area contributed by atoms with Crippen LogP contribution in [-0.2, 0) is 9.59 Å². The van der Waals surface area contributed by atoms with Gasteiger partial charge in [0.2, 0.25) is 5.91 Å². The first-order chi connectivity index (χ1) is 6.51. The second-order valence-electron chi connectivity index (χ2n) is 2.64. The number of carbonyl (C=O) groups is 2. The van der Waals surface area contributed by atoms with Gasteiger partial charge in [-0.25, -0.2) is 0 Å². The van der Waals surface area contributed by atoms with Crippen molar-refractivity contribution in [3.8, 4) is 0 Å². The van der Waals surface area contributed by atoms with E-state index in [1.807, 2.05) is 13.8 Å². The third-order valence-electron chi connectivity index (χ3n) is 1.71. The fourth-order valence-electron chi connectivity index (χ4n) is 1.01. The number of nitrogens with zero attached hydrogens (tertiary/aromatic N) is 1. The number of hydrogen-bond acceptors (Lipinski definition) is 2. The van der Waals surface area contributed by atoms with Crippen LogP contribution in [-0.4, -0.2) is 29.7 Å². The molecule has 0 fully saturated rings. The van der Waals surface area contributed by atoms with E-state index < -0.39 is 0 Å². The highest BCUT2D eigenvalue weighted by atomic mass is 35.5. The summed E-state index contributed by atoms with van der Waals surface area (Å²) in [6.45, 7) is 4.91. The van der Waals surface area contributed by atoms with Gasteiger partial charge in [0.15, 0.2) is 5.78 Å². The normalized spacial score (nSPS) is 9.43. The number of ketones is 1. The van der Waals surface area contributed by atoms with Gasteiger partial charge in [-0.3, -0.25) is 9.59 Å². The van der Waals surface area contributed by atoms with Crippen LogP contribution in [0.3, 0.4) is 0 Å². The zero-order chi connectivity index (χ0) is 11.1. The molecular formula is C9H13Cl2NO2. The molecule has 14 heavy (non-hydrogen) atoms. The number of carbonyl (C=O) groups excluding carboxylic acids is 2. The molecule has 0 aromatic heterocycles. The molecule has 0 aliphatic heterocycles. The van der Waals surface area contributed by atoms with Gasteiger partial charge < -0.3 is 4.90 Å². The lowest BCUT2D eigenvalue weighted by molar-refractivity contribution is -0.133. The minimum absolute atomic E-state index is 0.123. The molecule has 0 rings (SSSR count). The van der Waals surface area contributed by atoms with Crippen LogP contribution < -0.4 is 0 Å². The summed E-state index contributed by atoms with van der Waals surface area (Å²) in [5.74, 6) is -0.576. The molecular weight excluding hydrogens is 225 g/mol. The van der Waals surface area contributed by atoms with E-state index in [1.54, 1.807) is 4.90 Å². The van der Waals surface area contributed by atoms with Crippen LogP contribution in [0, 0.1) is 0 Å². The van der Waals surface area contributed by atoms with Crippen LogP contribution >= 0.6 is 23.2 Å². The zero-order valence-electron chi connectivity index (χ0n) is 8.22. The molecule has 0 heterocycles. The summed E-state index contributed by atoms with van der Waals surface area (Å²) in [5.41, 5.74) is 0. The topological polar surface area (TPSA) is 37.4 Å². The highest BCUT2D eigenvalue weighted by molar-refractivity contribution is 6.56. The maximum atomic E-state index is 11.4. The van der Waals surface area contributed by atoms with E-state index in [1.165, 1.54) is 0 Å². The van der Waals surface area contributed by atoms with Crippen LogP contribution in [0.15, 0.2) is 10.6 Å². The lowest BCUT2D eigenvalue weighted by atomic mass is 10.2. The standard InChI is InChI=1S/C9H13Cl2NO2/c1-3-12(4-2)9(14)6-7(13)5-8(10)11/h5H,3-4,6H2,1-2H3. The second kappa shape index (κ2) is 6.85. The predicted octanol–water partition coefficient (Wildman–Crippen LogP) is 2.13. The third kappa shape index (κ3) is 5.25. The first kappa shape index (κ1) is 13.5. The fourth-order valence-corrected chi connectivity index (χ4v) is 1.25. The Morgan fingerprint density at radius 1 is 1.21 bits per heavy atom. The molecule has 0 aliphatic rings. The van der Waals surface area contributed by atoms with E-state index in [9.17, 15) is 9.59 Å². The molecule has 0 aliphatic carbocycles. The fraction of sp³-hybridized carbons (Fsp3) is 0.556. The average molecular weight is 238 g/mol. The van der Waals surface area contributed by atoms with Gasteiger partial charge in [-0.2, -0.15) is 0 Å². The van der Waals surface area contributed by atoms with Crippen molar-refractivity contribution in [2.75, 3.05) is 13.1 Å². The van der Waals surface area contributed by atoms with Crippen LogP contribution in [0.1, 0.15) is 20.3 Å². The van der Waals surface area contributed by atoms with Crippen molar-refractivity contribution in [2.24, 2.45) is 0 Å². The molecule has 0 saturated heterocycles. The Morgan fingerprint density at radius 3 is 2.07 bits per heavy atom. The van der Waals surface area contributed by atoms with Crippen molar-refractivity contribution in [3.05, 3.63) is 10.6 Å². The minimum atomic E-state index is -0.373. The Kier molecular flexibility index (Phi) is 6.58. The third-order valence-corrected chi connectivity index (χ3v) is 1.93. The van der Waals surface area contributed by atoms with Crippen molar-refractivity contribution < 1.29 is 9.59 Å². The number of allylic oxidation sites excluding steroid dienone is 1. The molecule has 80 valence electrons. The first-order valence-electron chi connectivity index (χ1n) is 4.34. The lowest BCUT2D eigenvalue weighted by Gasteiger charge is -2.17. The number of hydrogen-bond donors (Lipinski definition) is 0. The van der Waals surface area contributed by atoms with E-state index >= 15 is 0 Å². The quantitative estimate of drug-likeness (QED) is 0.543. The number of rotatable bonds is 5. The van der Waals surface area contributed by atoms with Gasteiger partial charge in [0.05, 0.1) is 6.42 Å². The molecule has 0 bridgehead atoms. The SMILES string of the molecule is CCN(CC)C(=O)CC(=O)C=C(Cl)Cl. The van der Waals surface area contributed by atoms with Crippen molar-refractivity contribution >= 4 is 34.9 Å². The van der Waals surface area contributed by atoms with Crippen LogP contribution in [0.25, 0.3) is 0 Å². The summed E-state index contributed by atoms with van der Waals surface area (Å²) in [6.07, 6.45) is 0.870. The second-order valence-corrected chi connectivity index (χ2v) is 3.65. The lowest BCUT2D eigenvalue weighted by Crippen LogP contribution is -2.31. The smallest absolute Gasteiger partial charge is 0.230 e. The summed E-state index contributed by atoms with van der Waals surface area (Å²) in [4.78, 5) is 24.1. The van der Waals surface area contributed by atoms with Gasteiger partial charge in [0.1, 0.15) is 4.49 Å². The Balaban J connectivity index is 4.18. The van der Waals surface area contributed by atoms with E-state index in [-0.39, 0.29) is 22.6 Å². The number of amides is 1. The van der Waals surface area contributed by atoms with Crippen LogP contribution in [0.2, 0.25) is 0 Å². The zero-order valence-corrected chi connectivity index (χ0v) is 9.73. The molecule has 3 nitrogen and oxygen atoms in total. The molecule has 0 atom stereocenters. The van der Waals surface area contributed by atoms with Gasteiger partial charge >= 0.3 is 0 Å². The molecule has 5 heteroatoms. The van der Waals surface area contributed by atoms with E-state index in [4.69, 9.17) is 23.2 Å². The highest BCUT2D eigenvalue weighted by Gasteiger charge is 2.12. The van der Waals surface area contributed by atoms with Crippen molar-refractivity contribution in [3.63, 3.8) is 0 Å². The minimum Gasteiger partial charge on any atom is -0.343 e. The van der Waals surface area contributed by atoms with Gasteiger partial charge in [0, 0.05) is 19.2 Å². The average Bonchev–Trinajstić information content (AvgIpc) is 2.04. The summed E-state index contributed by atoms with van der Waals surface area (Å²) < 4.78 is -0.123. The predicted molar refractivity (Wildman–Crippen MR) is 57.3 cm³/mol. The molecule has 0 radical (unpaired) electrons. The Hall–Kier alpha value is -0.540. The summed E-state index contributed by atoms with van der Waals surface area (Å²) in [6, 6.07) is 0. The maximum absolute atomic E-state index is 11.4. The molecule has 0 aromatic rings. The molecule has 0 N–H and O–H groups in total. The summed E-state index contributed by atoms with van der Waals surface area (Å²) in [7, 11) is 0. The highest BCUT2D eigenvalue weighted by Crippen LogP contribution is 2.07. The van der Waals surface area contributed by atoms with Gasteiger partial charge in [-0.1, -0.05) is 23.2 Å².